The summed E-state index contributed by atoms with van der Waals surface area (Å²) in [6.07, 6.45) is 0.863. The maximum Gasteiger partial charge on any atom is 0.263 e. The van der Waals surface area contributed by atoms with E-state index >= 15 is 0 Å². The van der Waals surface area contributed by atoms with Gasteiger partial charge in [0.15, 0.2) is 11.4 Å². The third kappa shape index (κ3) is 2.62. The van der Waals surface area contributed by atoms with Crippen LogP contribution in [0.15, 0.2) is 57.9 Å². The van der Waals surface area contributed by atoms with Crippen LogP contribution in [0.25, 0.3) is 11.0 Å². The third-order valence-electron chi connectivity index (χ3n) is 3.25. The number of benzene rings is 2. The summed E-state index contributed by atoms with van der Waals surface area (Å²) in [4.78, 5) is 0.201. The maximum atomic E-state index is 12.4. The Morgan fingerprint density at radius 3 is 2.52 bits per heavy atom. The van der Waals surface area contributed by atoms with Crippen molar-refractivity contribution in [2.24, 2.45) is 0 Å². The molecule has 0 amide bonds. The summed E-state index contributed by atoms with van der Waals surface area (Å²) in [6, 6.07) is 13.9. The van der Waals surface area contributed by atoms with Crippen molar-refractivity contribution in [3.63, 3.8) is 0 Å². The Balaban J connectivity index is 1.95. The summed E-state index contributed by atoms with van der Waals surface area (Å²) in [7, 11) is -3.67. The number of aryl methyl sites for hydroxylation is 1. The number of rotatable bonds is 4. The first-order valence-corrected chi connectivity index (χ1v) is 8.04. The van der Waals surface area contributed by atoms with Gasteiger partial charge >= 0.3 is 0 Å². The normalized spacial score (nSPS) is 11.7. The highest BCUT2D eigenvalue weighted by molar-refractivity contribution is 7.92. The molecule has 0 fully saturated rings. The van der Waals surface area contributed by atoms with Crippen molar-refractivity contribution in [2.45, 2.75) is 18.2 Å². The Morgan fingerprint density at radius 1 is 1.10 bits per heavy atom. The number of nitrogens with one attached hydrogen (secondary N) is 1. The van der Waals surface area contributed by atoms with Crippen molar-refractivity contribution >= 4 is 26.8 Å². The smallest absolute Gasteiger partial charge is 0.263 e. The molecule has 0 aliphatic rings. The number of anilines is 1. The van der Waals surface area contributed by atoms with Gasteiger partial charge < -0.3 is 4.52 Å². The van der Waals surface area contributed by atoms with Gasteiger partial charge in [0, 0.05) is 0 Å². The van der Waals surface area contributed by atoms with E-state index in [4.69, 9.17) is 4.52 Å². The molecule has 0 atom stereocenters. The molecule has 0 radical (unpaired) electrons. The minimum absolute atomic E-state index is 0.199. The number of nitrogens with zero attached hydrogens (tertiary/aromatic N) is 1. The van der Waals surface area contributed by atoms with Crippen LogP contribution in [0, 0.1) is 0 Å². The van der Waals surface area contributed by atoms with Gasteiger partial charge in [-0.05, 0) is 36.2 Å². The van der Waals surface area contributed by atoms with Crippen LogP contribution in [0.4, 0.5) is 5.82 Å². The molecule has 1 aromatic heterocycles. The molecule has 3 rings (SSSR count). The quantitative estimate of drug-likeness (QED) is 0.803. The van der Waals surface area contributed by atoms with E-state index in [0.29, 0.717) is 11.0 Å². The zero-order chi connectivity index (χ0) is 14.9. The Hall–Kier alpha value is -2.34. The SMILES string of the molecule is CCc1ccc(S(=O)(=O)Nc2noc3ccccc23)cc1. The molecule has 0 saturated heterocycles. The van der Waals surface area contributed by atoms with Crippen molar-refractivity contribution in [3.8, 4) is 0 Å². The predicted molar refractivity (Wildman–Crippen MR) is 80.6 cm³/mol. The van der Waals surface area contributed by atoms with E-state index in [9.17, 15) is 8.42 Å². The molecular formula is C15H14N2O3S. The molecule has 0 spiro atoms. The molecule has 0 aliphatic heterocycles. The minimum Gasteiger partial charge on any atom is -0.354 e. The van der Waals surface area contributed by atoms with Crippen LogP contribution in [0.2, 0.25) is 0 Å². The van der Waals surface area contributed by atoms with Crippen LogP contribution in [0.5, 0.6) is 0 Å². The summed E-state index contributed by atoms with van der Waals surface area (Å²) < 4.78 is 32.3. The van der Waals surface area contributed by atoms with Crippen LogP contribution in [0.3, 0.4) is 0 Å². The molecule has 0 bridgehead atoms. The second-order valence-electron chi connectivity index (χ2n) is 4.63. The third-order valence-corrected chi connectivity index (χ3v) is 4.61. The average Bonchev–Trinajstić information content (AvgIpc) is 2.90. The number of para-hydroxylation sites is 1. The number of sulfonamides is 1. The highest BCUT2D eigenvalue weighted by atomic mass is 32.2. The lowest BCUT2D eigenvalue weighted by molar-refractivity contribution is 0.460. The number of hydrogen-bond donors (Lipinski definition) is 1. The van der Waals surface area contributed by atoms with Gasteiger partial charge in [-0.1, -0.05) is 36.3 Å². The molecule has 21 heavy (non-hydrogen) atoms. The van der Waals surface area contributed by atoms with Gasteiger partial charge in [-0.2, -0.15) is 0 Å². The summed E-state index contributed by atoms with van der Waals surface area (Å²) in [6.45, 7) is 2.02. The molecular weight excluding hydrogens is 288 g/mol. The number of aromatic nitrogens is 1. The fourth-order valence-electron chi connectivity index (χ4n) is 2.05. The highest BCUT2D eigenvalue weighted by Gasteiger charge is 2.18. The van der Waals surface area contributed by atoms with Crippen LogP contribution in [0.1, 0.15) is 12.5 Å². The van der Waals surface area contributed by atoms with E-state index in [0.717, 1.165) is 12.0 Å². The van der Waals surface area contributed by atoms with Gasteiger partial charge in [-0.3, -0.25) is 4.72 Å². The van der Waals surface area contributed by atoms with Gasteiger partial charge in [0.1, 0.15) is 0 Å². The zero-order valence-corrected chi connectivity index (χ0v) is 12.2. The summed E-state index contributed by atoms with van der Waals surface area (Å²) in [5, 5.41) is 4.41. The van der Waals surface area contributed by atoms with Gasteiger partial charge in [0.2, 0.25) is 0 Å². The molecule has 0 saturated carbocycles. The Morgan fingerprint density at radius 2 is 1.81 bits per heavy atom. The second-order valence-corrected chi connectivity index (χ2v) is 6.31. The lowest BCUT2D eigenvalue weighted by atomic mass is 10.2. The van der Waals surface area contributed by atoms with Gasteiger partial charge in [0.25, 0.3) is 10.0 Å². The van der Waals surface area contributed by atoms with Crippen LogP contribution in [-0.2, 0) is 16.4 Å². The van der Waals surface area contributed by atoms with Crippen LogP contribution in [-0.4, -0.2) is 13.6 Å². The van der Waals surface area contributed by atoms with E-state index in [1.165, 1.54) is 0 Å². The fourth-order valence-corrected chi connectivity index (χ4v) is 3.06. The number of fused-ring (bicyclic) bond motifs is 1. The average molecular weight is 302 g/mol. The minimum atomic E-state index is -3.67. The Labute approximate surface area is 122 Å². The number of hydrogen-bond acceptors (Lipinski definition) is 4. The predicted octanol–water partition coefficient (Wildman–Crippen LogP) is 3.19. The molecule has 1 N–H and O–H groups in total. The first-order valence-electron chi connectivity index (χ1n) is 6.56. The van der Waals surface area contributed by atoms with E-state index in [1.807, 2.05) is 6.92 Å². The lowest BCUT2D eigenvalue weighted by Gasteiger charge is -2.06. The molecule has 0 aliphatic carbocycles. The van der Waals surface area contributed by atoms with Crippen molar-refractivity contribution < 1.29 is 12.9 Å². The van der Waals surface area contributed by atoms with Crippen LogP contribution >= 0.6 is 0 Å². The van der Waals surface area contributed by atoms with E-state index in [-0.39, 0.29) is 10.7 Å². The first-order chi connectivity index (χ1) is 10.1. The Kier molecular flexibility index (Phi) is 3.39. The molecule has 108 valence electrons. The Bertz CT molecular complexity index is 867. The maximum absolute atomic E-state index is 12.4. The molecule has 5 nitrogen and oxygen atoms in total. The van der Waals surface area contributed by atoms with Crippen molar-refractivity contribution in [2.75, 3.05) is 4.72 Å². The lowest BCUT2D eigenvalue weighted by Crippen LogP contribution is -2.13. The van der Waals surface area contributed by atoms with Crippen molar-refractivity contribution in [3.05, 3.63) is 54.1 Å². The van der Waals surface area contributed by atoms with E-state index in [1.54, 1.807) is 48.5 Å². The highest BCUT2D eigenvalue weighted by Crippen LogP contribution is 2.24. The fraction of sp³-hybridized carbons (Fsp3) is 0.133. The molecule has 6 heteroatoms. The van der Waals surface area contributed by atoms with Gasteiger partial charge in [-0.25, -0.2) is 8.42 Å². The van der Waals surface area contributed by atoms with Gasteiger partial charge in [0.05, 0.1) is 10.3 Å². The summed E-state index contributed by atoms with van der Waals surface area (Å²) >= 11 is 0. The molecule has 0 unspecified atom stereocenters. The second kappa shape index (κ2) is 5.21. The van der Waals surface area contributed by atoms with Crippen LogP contribution < -0.4 is 4.72 Å². The van der Waals surface area contributed by atoms with Crippen molar-refractivity contribution in [1.29, 1.82) is 0 Å². The molecule has 3 aromatic rings. The van der Waals surface area contributed by atoms with E-state index in [2.05, 4.69) is 9.88 Å². The largest absolute Gasteiger partial charge is 0.354 e. The first kappa shape index (κ1) is 13.6. The van der Waals surface area contributed by atoms with Gasteiger partial charge in [-0.15, -0.1) is 0 Å². The molecule has 2 aromatic carbocycles. The zero-order valence-electron chi connectivity index (χ0n) is 11.4. The topological polar surface area (TPSA) is 72.2 Å². The standard InChI is InChI=1S/C15H14N2O3S/c1-2-11-7-9-12(10-8-11)21(18,19)17-15-13-5-3-4-6-14(13)20-16-15/h3-10H,2H2,1H3,(H,16,17). The van der Waals surface area contributed by atoms with Crippen molar-refractivity contribution in [1.82, 2.24) is 5.16 Å². The summed E-state index contributed by atoms with van der Waals surface area (Å²) in [5.41, 5.74) is 1.62. The monoisotopic (exact) mass is 302 g/mol. The molecule has 1 heterocycles. The van der Waals surface area contributed by atoms with E-state index < -0.39 is 10.0 Å². The summed E-state index contributed by atoms with van der Waals surface area (Å²) in [5.74, 6) is 0.199.